The zero-order valence-electron chi connectivity index (χ0n) is 6.91. The first-order valence-electron chi connectivity index (χ1n) is 3.71. The average Bonchev–Trinajstić information content (AvgIpc) is 1.81. The summed E-state index contributed by atoms with van der Waals surface area (Å²) >= 11 is 0. The molecule has 0 aliphatic carbocycles. The van der Waals surface area contributed by atoms with Crippen molar-refractivity contribution >= 4 is 7.92 Å². The maximum atomic E-state index is 9.18. The Morgan fingerprint density at radius 1 is 1.20 bits per heavy atom. The summed E-state index contributed by atoms with van der Waals surface area (Å²) in [5.41, 5.74) is 0. The van der Waals surface area contributed by atoms with E-state index in [1.807, 2.05) is 0 Å². The van der Waals surface area contributed by atoms with Crippen molar-refractivity contribution in [3.63, 3.8) is 0 Å². The Balaban J connectivity index is 3.73. The summed E-state index contributed by atoms with van der Waals surface area (Å²) in [4.78, 5) is 0. The largest absolute Gasteiger partial charge is 0.389 e. The molecule has 0 rings (SSSR count). The first-order valence-corrected chi connectivity index (χ1v) is 5.38. The lowest BCUT2D eigenvalue weighted by molar-refractivity contribution is 0.244. The highest BCUT2D eigenvalue weighted by atomic mass is 31.1. The molecule has 0 heterocycles. The van der Waals surface area contributed by atoms with Crippen molar-refractivity contribution in [2.45, 2.75) is 38.9 Å². The van der Waals surface area contributed by atoms with E-state index < -0.39 is 7.92 Å². The maximum Gasteiger partial charge on any atom is 0.0727 e. The molecule has 2 N–H and O–H groups in total. The van der Waals surface area contributed by atoms with Gasteiger partial charge in [-0.1, -0.05) is 13.3 Å². The Morgan fingerprint density at radius 3 is 1.70 bits per heavy atom. The second-order valence-corrected chi connectivity index (χ2v) is 5.47. The van der Waals surface area contributed by atoms with Gasteiger partial charge >= 0.3 is 0 Å². The molecule has 0 saturated carbocycles. The molecule has 0 aromatic carbocycles. The fourth-order valence-corrected chi connectivity index (χ4v) is 2.83. The fraction of sp³-hybridized carbons (Fsp3) is 1.00. The van der Waals surface area contributed by atoms with Gasteiger partial charge in [-0.2, -0.15) is 0 Å². The van der Waals surface area contributed by atoms with Crippen molar-refractivity contribution in [1.82, 2.24) is 0 Å². The molecule has 0 aromatic heterocycles. The van der Waals surface area contributed by atoms with E-state index in [9.17, 15) is 10.2 Å². The summed E-state index contributed by atoms with van der Waals surface area (Å²) in [6.07, 6.45) is 2.01. The second kappa shape index (κ2) is 5.06. The van der Waals surface area contributed by atoms with Crippen LogP contribution in [0.1, 0.15) is 27.2 Å². The molecule has 0 fully saturated rings. The van der Waals surface area contributed by atoms with E-state index in [-0.39, 0.29) is 11.7 Å². The lowest BCUT2D eigenvalue weighted by Gasteiger charge is -2.22. The van der Waals surface area contributed by atoms with Gasteiger partial charge in [0, 0.05) is 0 Å². The lowest BCUT2D eigenvalue weighted by Crippen LogP contribution is -2.10. The maximum absolute atomic E-state index is 9.18. The second-order valence-electron chi connectivity index (χ2n) is 2.50. The lowest BCUT2D eigenvalue weighted by atomic mass is 10.6. The first kappa shape index (κ1) is 10.3. The predicted octanol–water partition coefficient (Wildman–Crippen LogP) is 1.55. The zero-order chi connectivity index (χ0) is 8.15. The van der Waals surface area contributed by atoms with Crippen LogP contribution < -0.4 is 0 Å². The van der Waals surface area contributed by atoms with Crippen molar-refractivity contribution in [1.29, 1.82) is 0 Å². The SMILES string of the molecule is CCCP(C(C)O)C(C)O. The van der Waals surface area contributed by atoms with Gasteiger partial charge in [0.15, 0.2) is 0 Å². The molecule has 0 saturated heterocycles. The minimum Gasteiger partial charge on any atom is -0.389 e. The number of rotatable bonds is 4. The highest BCUT2D eigenvalue weighted by molar-refractivity contribution is 7.58. The Hall–Kier alpha value is 0.350. The van der Waals surface area contributed by atoms with Crippen molar-refractivity contribution in [3.8, 4) is 0 Å². The van der Waals surface area contributed by atoms with Gasteiger partial charge in [0.05, 0.1) is 11.7 Å². The van der Waals surface area contributed by atoms with Crippen LogP contribution in [0.5, 0.6) is 0 Å². The van der Waals surface area contributed by atoms with E-state index in [4.69, 9.17) is 0 Å². The van der Waals surface area contributed by atoms with E-state index in [2.05, 4.69) is 6.92 Å². The zero-order valence-corrected chi connectivity index (χ0v) is 7.80. The molecule has 2 unspecified atom stereocenters. The van der Waals surface area contributed by atoms with Crippen LogP contribution in [0.25, 0.3) is 0 Å². The van der Waals surface area contributed by atoms with Gasteiger partial charge in [0.1, 0.15) is 0 Å². The van der Waals surface area contributed by atoms with E-state index in [1.54, 1.807) is 13.8 Å². The minimum atomic E-state index is -0.568. The number of hydrogen-bond donors (Lipinski definition) is 2. The van der Waals surface area contributed by atoms with Crippen LogP contribution in [-0.4, -0.2) is 28.1 Å². The fourth-order valence-electron chi connectivity index (χ4n) is 0.944. The van der Waals surface area contributed by atoms with Gasteiger partial charge < -0.3 is 10.2 Å². The molecule has 0 spiro atoms. The van der Waals surface area contributed by atoms with Gasteiger partial charge in [-0.3, -0.25) is 0 Å². The van der Waals surface area contributed by atoms with Gasteiger partial charge in [0.2, 0.25) is 0 Å². The van der Waals surface area contributed by atoms with Crippen LogP contribution in [0.3, 0.4) is 0 Å². The van der Waals surface area contributed by atoms with Gasteiger partial charge in [-0.25, -0.2) is 0 Å². The third-order valence-electron chi connectivity index (χ3n) is 1.44. The first-order chi connectivity index (χ1) is 4.59. The molecule has 0 bridgehead atoms. The van der Waals surface area contributed by atoms with E-state index in [0.29, 0.717) is 0 Å². The van der Waals surface area contributed by atoms with Crippen LogP contribution in [0, 0.1) is 0 Å². The normalized spacial score (nSPS) is 20.1. The van der Waals surface area contributed by atoms with Gasteiger partial charge in [-0.15, -0.1) is 0 Å². The van der Waals surface area contributed by atoms with Crippen LogP contribution in [0.4, 0.5) is 0 Å². The molecule has 0 aliphatic heterocycles. The van der Waals surface area contributed by atoms with Crippen LogP contribution >= 0.6 is 7.92 Å². The van der Waals surface area contributed by atoms with E-state index in [0.717, 1.165) is 12.6 Å². The molecule has 0 aromatic rings. The molecular weight excluding hydrogens is 147 g/mol. The van der Waals surface area contributed by atoms with Crippen molar-refractivity contribution in [2.75, 3.05) is 6.16 Å². The van der Waals surface area contributed by atoms with Crippen LogP contribution in [0.2, 0.25) is 0 Å². The Kier molecular flexibility index (Phi) is 5.24. The summed E-state index contributed by atoms with van der Waals surface area (Å²) in [6.45, 7) is 5.59. The van der Waals surface area contributed by atoms with E-state index in [1.165, 1.54) is 0 Å². The molecule has 3 heteroatoms. The topological polar surface area (TPSA) is 40.5 Å². The predicted molar refractivity (Wildman–Crippen MR) is 45.4 cm³/mol. The van der Waals surface area contributed by atoms with Crippen molar-refractivity contribution in [2.24, 2.45) is 0 Å². The molecular formula is C7H17O2P. The molecule has 62 valence electrons. The standard InChI is InChI=1S/C7H17O2P/c1-4-5-10(6(2)8)7(3)9/h6-9H,4-5H2,1-3H3. The molecule has 10 heavy (non-hydrogen) atoms. The molecule has 2 atom stereocenters. The Labute approximate surface area is 64.0 Å². The number of aliphatic hydroxyl groups is 2. The summed E-state index contributed by atoms with van der Waals surface area (Å²) in [5.74, 6) is -0.648. The average molecular weight is 164 g/mol. The molecule has 0 aliphatic rings. The van der Waals surface area contributed by atoms with Crippen molar-refractivity contribution in [3.05, 3.63) is 0 Å². The smallest absolute Gasteiger partial charge is 0.0727 e. The summed E-state index contributed by atoms with van der Waals surface area (Å²) in [6, 6.07) is 0. The molecule has 0 radical (unpaired) electrons. The monoisotopic (exact) mass is 164 g/mol. The third-order valence-corrected chi connectivity index (χ3v) is 4.33. The van der Waals surface area contributed by atoms with Gasteiger partial charge in [0.25, 0.3) is 0 Å². The number of hydrogen-bond acceptors (Lipinski definition) is 2. The van der Waals surface area contributed by atoms with Crippen LogP contribution in [-0.2, 0) is 0 Å². The summed E-state index contributed by atoms with van der Waals surface area (Å²) in [5, 5.41) is 18.4. The Bertz CT molecular complexity index is 75.7. The third kappa shape index (κ3) is 3.50. The quantitative estimate of drug-likeness (QED) is 0.619. The van der Waals surface area contributed by atoms with Crippen molar-refractivity contribution < 1.29 is 10.2 Å². The number of aliphatic hydroxyl groups excluding tert-OH is 2. The highest BCUT2D eigenvalue weighted by Gasteiger charge is 2.17. The van der Waals surface area contributed by atoms with Crippen LogP contribution in [0.15, 0.2) is 0 Å². The molecule has 0 amide bonds. The van der Waals surface area contributed by atoms with E-state index >= 15 is 0 Å². The summed E-state index contributed by atoms with van der Waals surface area (Å²) in [7, 11) is -0.568. The minimum absolute atomic E-state index is 0.324. The van der Waals surface area contributed by atoms with Gasteiger partial charge in [-0.05, 0) is 27.9 Å². The molecule has 2 nitrogen and oxygen atoms in total. The Morgan fingerprint density at radius 2 is 1.60 bits per heavy atom. The highest BCUT2D eigenvalue weighted by Crippen LogP contribution is 2.43. The summed E-state index contributed by atoms with van der Waals surface area (Å²) < 4.78 is 0.